The van der Waals surface area contributed by atoms with Crippen molar-refractivity contribution in [3.05, 3.63) is 48.0 Å². The molecule has 3 fully saturated rings. The van der Waals surface area contributed by atoms with Gasteiger partial charge in [-0.2, -0.15) is 5.26 Å². The van der Waals surface area contributed by atoms with Gasteiger partial charge in [0.05, 0.1) is 30.0 Å². The molecule has 0 bridgehead atoms. The van der Waals surface area contributed by atoms with Crippen LogP contribution in [0.25, 0.3) is 22.2 Å². The maximum atomic E-state index is 12.3. The Hall–Kier alpha value is -3.50. The van der Waals surface area contributed by atoms with E-state index in [0.717, 1.165) is 91.1 Å². The highest BCUT2D eigenvalue weighted by molar-refractivity contribution is 5.97. The van der Waals surface area contributed by atoms with Gasteiger partial charge in [-0.25, -0.2) is 4.79 Å². The molecule has 3 aliphatic rings. The molecule has 1 aliphatic heterocycles. The normalized spacial score (nSPS) is 18.5. The van der Waals surface area contributed by atoms with Gasteiger partial charge < -0.3 is 24.8 Å². The van der Waals surface area contributed by atoms with Gasteiger partial charge >= 0.3 is 6.03 Å². The lowest BCUT2D eigenvalue weighted by Gasteiger charge is -2.31. The number of fused-ring (bicyclic) bond motifs is 1. The SMILES string of the molecule is N#Cc1c(-c2ccc(NC(=O)NC3CCC3)cc2)n(C2CCC2)c2ccc(N3CCOCC3)cc12. The smallest absolute Gasteiger partial charge is 0.319 e. The first kappa shape index (κ1) is 22.0. The number of ether oxygens (including phenoxy) is 1. The number of rotatable bonds is 5. The molecule has 0 radical (unpaired) electrons. The van der Waals surface area contributed by atoms with Crippen molar-refractivity contribution >= 4 is 28.3 Å². The van der Waals surface area contributed by atoms with E-state index in [1.54, 1.807) is 0 Å². The Morgan fingerprint density at radius 3 is 2.37 bits per heavy atom. The summed E-state index contributed by atoms with van der Waals surface area (Å²) in [5.74, 6) is 0. The van der Waals surface area contributed by atoms with E-state index in [-0.39, 0.29) is 6.03 Å². The Morgan fingerprint density at radius 2 is 1.74 bits per heavy atom. The van der Waals surface area contributed by atoms with Gasteiger partial charge in [-0.3, -0.25) is 0 Å². The van der Waals surface area contributed by atoms with E-state index < -0.39 is 0 Å². The zero-order valence-corrected chi connectivity index (χ0v) is 19.9. The maximum Gasteiger partial charge on any atom is 0.319 e. The second-order valence-electron chi connectivity index (χ2n) is 9.89. The molecule has 0 unspecified atom stereocenters. The van der Waals surface area contributed by atoms with E-state index >= 15 is 0 Å². The van der Waals surface area contributed by atoms with Crippen LogP contribution in [-0.4, -0.2) is 42.9 Å². The molecule has 7 nitrogen and oxygen atoms in total. The molecule has 2 saturated carbocycles. The van der Waals surface area contributed by atoms with Gasteiger partial charge in [0.1, 0.15) is 6.07 Å². The highest BCUT2D eigenvalue weighted by Crippen LogP contribution is 2.43. The summed E-state index contributed by atoms with van der Waals surface area (Å²) >= 11 is 0. The average Bonchev–Trinajstić information content (AvgIpc) is 3.14. The Bertz CT molecular complexity index is 1280. The van der Waals surface area contributed by atoms with E-state index in [1.807, 2.05) is 24.3 Å². The molecule has 180 valence electrons. The van der Waals surface area contributed by atoms with Gasteiger partial charge in [0.25, 0.3) is 0 Å². The number of carbonyl (C=O) groups is 1. The van der Waals surface area contributed by atoms with Gasteiger partial charge in [-0.05, 0) is 74.4 Å². The molecular formula is C28H31N5O2. The van der Waals surface area contributed by atoms with Crippen LogP contribution in [0.2, 0.25) is 0 Å². The minimum Gasteiger partial charge on any atom is -0.378 e. The number of benzene rings is 2. The van der Waals surface area contributed by atoms with Crippen LogP contribution in [0.15, 0.2) is 42.5 Å². The summed E-state index contributed by atoms with van der Waals surface area (Å²) in [4.78, 5) is 14.6. The molecule has 3 aromatic rings. The number of hydrogen-bond donors (Lipinski definition) is 2. The molecular weight excluding hydrogens is 438 g/mol. The lowest BCUT2D eigenvalue weighted by molar-refractivity contribution is 0.122. The number of morpholine rings is 1. The third kappa shape index (κ3) is 4.12. The predicted octanol–water partition coefficient (Wildman–Crippen LogP) is 5.42. The monoisotopic (exact) mass is 469 g/mol. The molecule has 1 saturated heterocycles. The molecule has 0 spiro atoms. The number of nitriles is 1. The second kappa shape index (κ2) is 9.27. The van der Waals surface area contributed by atoms with Gasteiger partial charge in [0, 0.05) is 41.9 Å². The van der Waals surface area contributed by atoms with Gasteiger partial charge in [-0.15, -0.1) is 0 Å². The maximum absolute atomic E-state index is 12.3. The molecule has 2 aliphatic carbocycles. The number of nitrogens with one attached hydrogen (secondary N) is 2. The zero-order valence-electron chi connectivity index (χ0n) is 19.9. The van der Waals surface area contributed by atoms with Crippen LogP contribution in [0.1, 0.15) is 50.1 Å². The fourth-order valence-electron chi connectivity index (χ4n) is 5.36. The first-order valence-corrected chi connectivity index (χ1v) is 12.8. The van der Waals surface area contributed by atoms with Crippen LogP contribution >= 0.6 is 0 Å². The summed E-state index contributed by atoms with van der Waals surface area (Å²) in [5.41, 5.74) is 5.74. The van der Waals surface area contributed by atoms with E-state index in [4.69, 9.17) is 4.74 Å². The predicted molar refractivity (Wildman–Crippen MR) is 138 cm³/mol. The summed E-state index contributed by atoms with van der Waals surface area (Å²) in [5, 5.41) is 17.3. The van der Waals surface area contributed by atoms with Crippen molar-refractivity contribution in [2.45, 2.75) is 50.6 Å². The quantitative estimate of drug-likeness (QED) is 0.523. The van der Waals surface area contributed by atoms with Crippen molar-refractivity contribution in [1.82, 2.24) is 9.88 Å². The first-order valence-electron chi connectivity index (χ1n) is 12.8. The van der Waals surface area contributed by atoms with Gasteiger partial charge in [-0.1, -0.05) is 12.1 Å². The molecule has 6 rings (SSSR count). The molecule has 2 amide bonds. The fraction of sp³-hybridized carbons (Fsp3) is 0.429. The number of hydrogen-bond acceptors (Lipinski definition) is 4. The van der Waals surface area contributed by atoms with Crippen molar-refractivity contribution in [2.24, 2.45) is 0 Å². The van der Waals surface area contributed by atoms with Crippen LogP contribution in [0.3, 0.4) is 0 Å². The van der Waals surface area contributed by atoms with E-state index in [1.165, 1.54) is 12.8 Å². The Kier molecular flexibility index (Phi) is 5.83. The van der Waals surface area contributed by atoms with Crippen molar-refractivity contribution < 1.29 is 9.53 Å². The van der Waals surface area contributed by atoms with E-state index in [0.29, 0.717) is 12.1 Å². The number of anilines is 2. The summed E-state index contributed by atoms with van der Waals surface area (Å²) in [6.07, 6.45) is 6.78. The highest BCUT2D eigenvalue weighted by Gasteiger charge is 2.28. The molecule has 0 atom stereocenters. The van der Waals surface area contributed by atoms with E-state index in [2.05, 4.69) is 44.4 Å². The lowest BCUT2D eigenvalue weighted by Crippen LogP contribution is -2.41. The summed E-state index contributed by atoms with van der Waals surface area (Å²) in [6, 6.07) is 17.5. The number of amides is 2. The zero-order chi connectivity index (χ0) is 23.8. The second-order valence-corrected chi connectivity index (χ2v) is 9.89. The molecule has 2 N–H and O–H groups in total. The molecule has 1 aromatic heterocycles. The Morgan fingerprint density at radius 1 is 1.00 bits per heavy atom. The minimum absolute atomic E-state index is 0.153. The largest absolute Gasteiger partial charge is 0.378 e. The summed E-state index contributed by atoms with van der Waals surface area (Å²) < 4.78 is 7.90. The highest BCUT2D eigenvalue weighted by atomic mass is 16.5. The van der Waals surface area contributed by atoms with Crippen LogP contribution < -0.4 is 15.5 Å². The average molecular weight is 470 g/mol. The number of nitrogens with zero attached hydrogens (tertiary/aromatic N) is 3. The molecule has 35 heavy (non-hydrogen) atoms. The standard InChI is InChI=1S/C28H31N5O2/c29-18-25-24-17-23(32-13-15-35-16-14-32)11-12-26(24)33(22-5-2-6-22)27(25)19-7-9-21(10-8-19)31-28(34)30-20-3-1-4-20/h7-12,17,20,22H,1-6,13-16H2,(H2,30,31,34). The third-order valence-electron chi connectivity index (χ3n) is 7.77. The van der Waals surface area contributed by atoms with Crippen LogP contribution in [0.4, 0.5) is 16.2 Å². The third-order valence-corrected chi connectivity index (χ3v) is 7.77. The van der Waals surface area contributed by atoms with Crippen molar-refractivity contribution in [2.75, 3.05) is 36.5 Å². The summed E-state index contributed by atoms with van der Waals surface area (Å²) in [6.45, 7) is 3.20. The van der Waals surface area contributed by atoms with Crippen LogP contribution in [-0.2, 0) is 4.74 Å². The number of carbonyl (C=O) groups excluding carboxylic acids is 1. The van der Waals surface area contributed by atoms with E-state index in [9.17, 15) is 10.1 Å². The van der Waals surface area contributed by atoms with Crippen molar-refractivity contribution in [3.8, 4) is 17.3 Å². The fourth-order valence-corrected chi connectivity index (χ4v) is 5.36. The molecule has 2 aromatic carbocycles. The molecule has 2 heterocycles. The van der Waals surface area contributed by atoms with Crippen molar-refractivity contribution in [3.63, 3.8) is 0 Å². The lowest BCUT2D eigenvalue weighted by atomic mass is 9.92. The number of aromatic nitrogens is 1. The topological polar surface area (TPSA) is 82.3 Å². The first-order chi connectivity index (χ1) is 17.2. The summed E-state index contributed by atoms with van der Waals surface area (Å²) in [7, 11) is 0. The minimum atomic E-state index is -0.153. The molecule has 7 heteroatoms. The Labute approximate surface area is 205 Å². The van der Waals surface area contributed by atoms with Crippen LogP contribution in [0.5, 0.6) is 0 Å². The van der Waals surface area contributed by atoms with Crippen LogP contribution in [0, 0.1) is 11.3 Å². The Balaban J connectivity index is 1.36. The van der Waals surface area contributed by atoms with Crippen molar-refractivity contribution in [1.29, 1.82) is 5.26 Å². The number of urea groups is 1. The van der Waals surface area contributed by atoms with Gasteiger partial charge in [0.15, 0.2) is 0 Å². The van der Waals surface area contributed by atoms with Gasteiger partial charge in [0.2, 0.25) is 0 Å².